The molecule has 6 N–H and O–H groups in total. The van der Waals surface area contributed by atoms with Gasteiger partial charge < -0.3 is 49.5 Å². The molecular formula is C109H84N16O4. The van der Waals surface area contributed by atoms with Gasteiger partial charge in [-0.15, -0.1) is 0 Å². The number of carbonyl (C=O) groups is 4. The molecule has 0 saturated heterocycles. The van der Waals surface area contributed by atoms with Gasteiger partial charge in [0, 0.05) is 186 Å². The summed E-state index contributed by atoms with van der Waals surface area (Å²) in [5, 5.41) is 13.4. The van der Waals surface area contributed by atoms with Gasteiger partial charge >= 0.3 is 0 Å². The van der Waals surface area contributed by atoms with Crippen LogP contribution in [0.15, 0.2) is 365 Å². The first-order chi connectivity index (χ1) is 63.6. The maximum Gasteiger partial charge on any atom is 0.255 e. The summed E-state index contributed by atoms with van der Waals surface area (Å²) in [6.45, 7) is 1.47. The molecule has 0 aliphatic carbocycles. The van der Waals surface area contributed by atoms with Crippen LogP contribution in [-0.4, -0.2) is 81.8 Å². The first-order valence-electron chi connectivity index (χ1n) is 42.9. The maximum atomic E-state index is 15.1. The molecule has 9 heterocycles. The van der Waals surface area contributed by atoms with E-state index in [1.807, 2.05) is 334 Å². The van der Waals surface area contributed by atoms with Crippen LogP contribution in [0.5, 0.6) is 0 Å². The molecule has 0 fully saturated rings. The number of carbonyl (C=O) groups excluding carboxylic acids is 4. The third kappa shape index (κ3) is 17.0. The van der Waals surface area contributed by atoms with Crippen molar-refractivity contribution in [3.05, 3.63) is 399 Å². The van der Waals surface area contributed by atoms with E-state index in [1.165, 1.54) is 0 Å². The largest absolute Gasteiger partial charge is 0.354 e. The van der Waals surface area contributed by atoms with E-state index in [0.717, 1.165) is 73.1 Å². The van der Waals surface area contributed by atoms with Gasteiger partial charge in [-0.05, 0) is 90.5 Å². The van der Waals surface area contributed by atoms with Gasteiger partial charge in [-0.2, -0.15) is 0 Å². The Bertz CT molecular complexity index is 7300. The summed E-state index contributed by atoms with van der Waals surface area (Å²) in [6, 6.07) is 107. The minimum Gasteiger partial charge on any atom is -0.354 e. The van der Waals surface area contributed by atoms with Crippen molar-refractivity contribution < 1.29 is 19.2 Å². The Morgan fingerprint density at radius 3 is 0.922 bits per heavy atom. The van der Waals surface area contributed by atoms with Crippen molar-refractivity contribution in [3.63, 3.8) is 0 Å². The highest BCUT2D eigenvalue weighted by Gasteiger charge is 2.27. The van der Waals surface area contributed by atoms with E-state index in [2.05, 4.69) is 72.6 Å². The van der Waals surface area contributed by atoms with Gasteiger partial charge in [0.05, 0.1) is 82.2 Å². The highest BCUT2D eigenvalue weighted by molar-refractivity contribution is 6.10. The first-order valence-corrected chi connectivity index (χ1v) is 42.9. The molecule has 8 bridgehead atoms. The summed E-state index contributed by atoms with van der Waals surface area (Å²) in [5.74, 6) is -1.02. The van der Waals surface area contributed by atoms with Crippen LogP contribution in [-0.2, 0) is 40.6 Å². The molecule has 7 aromatic heterocycles. The van der Waals surface area contributed by atoms with Crippen molar-refractivity contribution in [1.29, 1.82) is 0 Å². The number of benzene rings is 11. The van der Waals surface area contributed by atoms with Gasteiger partial charge in [0.1, 0.15) is 0 Å². The van der Waals surface area contributed by atoms with Crippen molar-refractivity contribution in [1.82, 2.24) is 58.1 Å². The third-order valence-electron chi connectivity index (χ3n) is 23.3. The summed E-state index contributed by atoms with van der Waals surface area (Å²) in [5.41, 5.74) is 24.2. The van der Waals surface area contributed by atoms with Gasteiger partial charge in [-0.25, -0.2) is 29.9 Å². The predicted molar refractivity (Wildman–Crippen MR) is 515 cm³/mol. The number of H-pyrrole nitrogens is 2. The Hall–Kier alpha value is -17.3. The summed E-state index contributed by atoms with van der Waals surface area (Å²) in [4.78, 5) is 98.5. The summed E-state index contributed by atoms with van der Waals surface area (Å²) in [7, 11) is 0. The number of hydrogen-bond donors (Lipinski definition) is 6. The average molecular weight is 1680 g/mol. The normalized spacial score (nSPS) is 11.5. The molecule has 624 valence electrons. The van der Waals surface area contributed by atoms with Crippen molar-refractivity contribution in [2.45, 2.75) is 45.4 Å². The van der Waals surface area contributed by atoms with Crippen LogP contribution in [0, 0.1) is 0 Å². The molecule has 2 aliphatic rings. The van der Waals surface area contributed by atoms with E-state index >= 15 is 14.4 Å². The Kier molecular flexibility index (Phi) is 22.5. The van der Waals surface area contributed by atoms with Crippen LogP contribution in [0.4, 0.5) is 22.7 Å². The zero-order chi connectivity index (χ0) is 86.9. The molecule has 18 aromatic rings. The zero-order valence-corrected chi connectivity index (χ0v) is 70.0. The second-order valence-corrected chi connectivity index (χ2v) is 31.6. The highest BCUT2D eigenvalue weighted by atomic mass is 16.2. The highest BCUT2D eigenvalue weighted by Crippen LogP contribution is 2.45. The van der Waals surface area contributed by atoms with Crippen molar-refractivity contribution in [3.8, 4) is 112 Å². The van der Waals surface area contributed by atoms with E-state index in [-0.39, 0.29) is 42.9 Å². The van der Waals surface area contributed by atoms with Crippen LogP contribution in [0.1, 0.15) is 58.0 Å². The molecule has 11 aromatic carbocycles. The van der Waals surface area contributed by atoms with E-state index in [0.29, 0.717) is 144 Å². The Labute approximate surface area is 743 Å². The molecule has 0 saturated carbocycles. The number of hydrogen-bond acceptors (Lipinski definition) is 10. The van der Waals surface area contributed by atoms with Gasteiger partial charge in [0.2, 0.25) is 17.7 Å². The number of aromatic nitrogens is 12. The number of nitrogens with one attached hydrogen (secondary N) is 6. The molecule has 4 amide bonds. The number of amides is 4. The lowest BCUT2D eigenvalue weighted by Crippen LogP contribution is -2.15. The van der Waals surface area contributed by atoms with Crippen LogP contribution < -0.4 is 21.3 Å². The number of imidazole rings is 4. The third-order valence-corrected chi connectivity index (χ3v) is 23.3. The number of fused-ring (bicyclic) bond motifs is 8. The van der Waals surface area contributed by atoms with Gasteiger partial charge in [0.25, 0.3) is 5.91 Å². The second kappa shape index (κ2) is 36.3. The lowest BCUT2D eigenvalue weighted by molar-refractivity contribution is -0.117. The van der Waals surface area contributed by atoms with Gasteiger partial charge in [-0.3, -0.25) is 19.2 Å². The molecule has 0 spiro atoms. The molecule has 20 nitrogen and oxygen atoms in total. The van der Waals surface area contributed by atoms with Crippen molar-refractivity contribution >= 4 is 92.7 Å². The van der Waals surface area contributed by atoms with E-state index < -0.39 is 0 Å². The number of rotatable bonds is 26. The number of anilines is 4. The Balaban J connectivity index is 0.747. The molecule has 20 heteroatoms. The quantitative estimate of drug-likeness (QED) is 0.0299. The SMILES string of the molecule is O=C(CCn1cnc(-c2ccccc2)c1-c1ccccc1)Nc1ccccc1-c1c2nc(c(-c3ccccc3NC(=O)CCn3cnc(-c4ccccc4)c3-c3ccccc3)c3ccc([nH]3)c(-c3ccccc3NC(=O)c3cccc(Cn4ccnc4)c3)c3nc(c(-c4ccccc4NC(=O)CCn4cnc(-c5ccccc5)c4-c4ccccc4)c4ccc1[nH]4)C=C3)C=C2. The minimum absolute atomic E-state index is 0.0949. The molecule has 0 unspecified atom stereocenters. The molecular weight excluding hydrogens is 1600 g/mol. The van der Waals surface area contributed by atoms with Crippen LogP contribution >= 0.6 is 0 Å². The van der Waals surface area contributed by atoms with Crippen LogP contribution in [0.25, 0.3) is 158 Å². The van der Waals surface area contributed by atoms with E-state index in [4.69, 9.17) is 24.9 Å². The predicted octanol–water partition coefficient (Wildman–Crippen LogP) is 23.5. The summed E-state index contributed by atoms with van der Waals surface area (Å²) >= 11 is 0. The lowest BCUT2D eigenvalue weighted by atomic mass is 10.0. The zero-order valence-electron chi connectivity index (χ0n) is 70.0. The fraction of sp³-hybridized carbons (Fsp3) is 0.0642. The van der Waals surface area contributed by atoms with E-state index in [9.17, 15) is 4.79 Å². The Morgan fingerprint density at radius 2 is 0.605 bits per heavy atom. The van der Waals surface area contributed by atoms with Crippen LogP contribution in [0.3, 0.4) is 0 Å². The topological polar surface area (TPSA) is 245 Å². The standard InChI is InChI=1S/C109H84N16O4/c126-96(58-62-123-69-111-103(73-29-7-1-8-30-73)106(123)76-35-13-4-14-36-76)118-84-46-23-19-42-80(84)99-88-50-52-90(114-88)100(81-43-20-24-47-85(81)119-97(127)59-63-124-70-112-104(74-31-9-2-10-32-74)107(124)77-37-15-5-16-38-77)92-54-56-94(116-92)102(83-45-22-26-49-87(83)121-109(129)79-41-27-28-72(66-79)67-122-65-61-110-68-122)95-57-55-93(117-95)101(91-53-51-89(99)115-91)82-44-21-25-48-86(82)120-98(128)60-64-125-71-113-105(75-33-11-3-12-34-75)108(125)78-39-17-6-18-40-78/h1-57,61,65-66,68-71,114,117H,58-60,62-64,67H2,(H,118,126)(H,119,127)(H,120,128)(H,121,129). The smallest absolute Gasteiger partial charge is 0.255 e. The molecule has 129 heavy (non-hydrogen) atoms. The lowest BCUT2D eigenvalue weighted by Gasteiger charge is -2.15. The molecule has 0 radical (unpaired) electrons. The number of nitrogens with zero attached hydrogens (tertiary/aromatic N) is 10. The molecule has 2 aliphatic heterocycles. The molecule has 20 rings (SSSR count). The minimum atomic E-state index is -0.323. The first kappa shape index (κ1) is 80.2. The maximum absolute atomic E-state index is 15.1. The average Bonchev–Trinajstić information content (AvgIpc) is 1.60. The Morgan fingerprint density at radius 1 is 0.302 bits per heavy atom. The van der Waals surface area contributed by atoms with Crippen molar-refractivity contribution in [2.24, 2.45) is 0 Å². The van der Waals surface area contributed by atoms with Crippen LogP contribution in [0.2, 0.25) is 0 Å². The fourth-order valence-electron chi connectivity index (χ4n) is 17.3. The molecule has 0 atom stereocenters. The summed E-state index contributed by atoms with van der Waals surface area (Å²) in [6.07, 6.45) is 19.0. The van der Waals surface area contributed by atoms with Gasteiger partial charge in [0.15, 0.2) is 0 Å². The number of para-hydroxylation sites is 4. The van der Waals surface area contributed by atoms with E-state index in [1.54, 1.807) is 37.6 Å². The van der Waals surface area contributed by atoms with Gasteiger partial charge in [-0.1, -0.05) is 267 Å². The fourth-order valence-corrected chi connectivity index (χ4v) is 17.3. The monoisotopic (exact) mass is 1680 g/mol. The van der Waals surface area contributed by atoms with Crippen molar-refractivity contribution in [2.75, 3.05) is 21.3 Å². The summed E-state index contributed by atoms with van der Waals surface area (Å²) < 4.78 is 8.08. The number of aromatic amines is 2. The number of aryl methyl sites for hydroxylation is 3. The second-order valence-electron chi connectivity index (χ2n) is 31.6.